The average molecular weight is 300 g/mol. The Hall–Kier alpha value is -0.870. The summed E-state index contributed by atoms with van der Waals surface area (Å²) in [7, 11) is 1.38. The number of nitrogens with two attached hydrogens (primary N) is 1. The highest BCUT2D eigenvalue weighted by atomic mass is 79.9. The lowest BCUT2D eigenvalue weighted by Gasteiger charge is -2.29. The van der Waals surface area contributed by atoms with Crippen LogP contribution in [0, 0.1) is 12.3 Å². The van der Waals surface area contributed by atoms with E-state index in [1.807, 2.05) is 25.1 Å². The zero-order valence-corrected chi connectivity index (χ0v) is 12.2. The van der Waals surface area contributed by atoms with E-state index in [0.29, 0.717) is 0 Å². The van der Waals surface area contributed by atoms with Gasteiger partial charge in [-0.15, -0.1) is 0 Å². The van der Waals surface area contributed by atoms with Crippen molar-refractivity contribution in [3.05, 3.63) is 33.8 Å². The van der Waals surface area contributed by atoms with E-state index in [1.165, 1.54) is 7.11 Å². The molecule has 0 amide bonds. The summed E-state index contributed by atoms with van der Waals surface area (Å²) in [6.45, 7) is 5.58. The third-order valence-corrected chi connectivity index (χ3v) is 3.67. The first-order valence-electron chi connectivity index (χ1n) is 5.40. The smallest absolute Gasteiger partial charge is 0.313 e. The van der Waals surface area contributed by atoms with E-state index in [4.69, 9.17) is 10.5 Å². The summed E-state index contributed by atoms with van der Waals surface area (Å²) in [6, 6.07) is 5.50. The lowest BCUT2D eigenvalue weighted by atomic mass is 9.81. The molecule has 0 aliphatic heterocycles. The van der Waals surface area contributed by atoms with Crippen molar-refractivity contribution in [3.8, 4) is 0 Å². The summed E-state index contributed by atoms with van der Waals surface area (Å²) in [5, 5.41) is 0. The Bertz CT molecular complexity index is 429. The van der Waals surface area contributed by atoms with Crippen LogP contribution in [-0.4, -0.2) is 13.1 Å². The number of carbonyl (C=O) groups excluding carboxylic acids is 1. The molecule has 1 rings (SSSR count). The van der Waals surface area contributed by atoms with Gasteiger partial charge >= 0.3 is 5.97 Å². The van der Waals surface area contributed by atoms with E-state index in [1.54, 1.807) is 13.8 Å². The van der Waals surface area contributed by atoms with Crippen LogP contribution < -0.4 is 5.73 Å². The van der Waals surface area contributed by atoms with Crippen LogP contribution in [0.1, 0.15) is 31.0 Å². The summed E-state index contributed by atoms with van der Waals surface area (Å²) < 4.78 is 5.71. The normalized spacial score (nSPS) is 13.3. The second-order valence-corrected chi connectivity index (χ2v) is 5.57. The highest BCUT2D eigenvalue weighted by molar-refractivity contribution is 9.10. The number of ether oxygens (including phenoxy) is 1. The maximum absolute atomic E-state index is 11.7. The zero-order chi connectivity index (χ0) is 13.2. The molecule has 0 saturated heterocycles. The summed E-state index contributed by atoms with van der Waals surface area (Å²) in [4.78, 5) is 11.7. The zero-order valence-electron chi connectivity index (χ0n) is 10.6. The maximum atomic E-state index is 11.7. The Morgan fingerprint density at radius 1 is 1.47 bits per heavy atom. The molecule has 1 aromatic carbocycles. The fourth-order valence-electron chi connectivity index (χ4n) is 1.66. The molecule has 0 bridgehead atoms. The predicted molar refractivity (Wildman–Crippen MR) is 71.6 cm³/mol. The van der Waals surface area contributed by atoms with Crippen LogP contribution >= 0.6 is 15.9 Å². The second kappa shape index (κ2) is 5.19. The van der Waals surface area contributed by atoms with Crippen LogP contribution in [0.4, 0.5) is 0 Å². The number of carbonyl (C=O) groups is 1. The van der Waals surface area contributed by atoms with Gasteiger partial charge in [0.25, 0.3) is 0 Å². The number of hydrogen-bond donors (Lipinski definition) is 1. The number of halogens is 1. The molecule has 0 aromatic heterocycles. The molecular weight excluding hydrogens is 282 g/mol. The molecule has 17 heavy (non-hydrogen) atoms. The van der Waals surface area contributed by atoms with Crippen LogP contribution in [0.5, 0.6) is 0 Å². The van der Waals surface area contributed by atoms with Crippen LogP contribution in [-0.2, 0) is 9.53 Å². The van der Waals surface area contributed by atoms with Gasteiger partial charge in [-0.2, -0.15) is 0 Å². The molecule has 0 radical (unpaired) electrons. The quantitative estimate of drug-likeness (QED) is 0.873. The van der Waals surface area contributed by atoms with Crippen molar-refractivity contribution in [1.82, 2.24) is 0 Å². The molecule has 0 spiro atoms. The summed E-state index contributed by atoms with van der Waals surface area (Å²) >= 11 is 3.48. The van der Waals surface area contributed by atoms with Crippen molar-refractivity contribution in [3.63, 3.8) is 0 Å². The molecule has 0 saturated carbocycles. The van der Waals surface area contributed by atoms with Crippen molar-refractivity contribution in [2.75, 3.05) is 7.11 Å². The van der Waals surface area contributed by atoms with E-state index in [-0.39, 0.29) is 5.97 Å². The largest absolute Gasteiger partial charge is 0.469 e. The van der Waals surface area contributed by atoms with Crippen molar-refractivity contribution < 1.29 is 9.53 Å². The van der Waals surface area contributed by atoms with E-state index in [9.17, 15) is 4.79 Å². The van der Waals surface area contributed by atoms with Crippen LogP contribution in [0.3, 0.4) is 0 Å². The second-order valence-electron chi connectivity index (χ2n) is 4.72. The van der Waals surface area contributed by atoms with Crippen LogP contribution in [0.25, 0.3) is 0 Å². The fourth-order valence-corrected chi connectivity index (χ4v) is 2.40. The van der Waals surface area contributed by atoms with Gasteiger partial charge in [0.1, 0.15) is 0 Å². The number of rotatable bonds is 3. The van der Waals surface area contributed by atoms with Crippen molar-refractivity contribution in [2.45, 2.75) is 26.8 Å². The Kier molecular flexibility index (Phi) is 4.33. The number of hydrogen-bond acceptors (Lipinski definition) is 3. The molecule has 4 heteroatoms. The first-order valence-corrected chi connectivity index (χ1v) is 6.20. The molecule has 3 nitrogen and oxygen atoms in total. The lowest BCUT2D eigenvalue weighted by molar-refractivity contribution is -0.152. The van der Waals surface area contributed by atoms with E-state index < -0.39 is 11.5 Å². The average Bonchev–Trinajstić information content (AvgIpc) is 2.27. The molecule has 0 unspecified atom stereocenters. The molecular formula is C13H18BrNO2. The highest BCUT2D eigenvalue weighted by Gasteiger charge is 2.37. The van der Waals surface area contributed by atoms with Crippen molar-refractivity contribution in [2.24, 2.45) is 11.1 Å². The monoisotopic (exact) mass is 299 g/mol. The topological polar surface area (TPSA) is 52.3 Å². The number of aryl methyl sites for hydroxylation is 1. The van der Waals surface area contributed by atoms with Gasteiger partial charge < -0.3 is 10.5 Å². The SMILES string of the molecule is COC(=O)C(C)(C)[C@@H](N)c1ccc(C)cc1Br. The number of benzene rings is 1. The van der Waals surface area contributed by atoms with Gasteiger partial charge in [0, 0.05) is 10.5 Å². The fraction of sp³-hybridized carbons (Fsp3) is 0.462. The first kappa shape index (κ1) is 14.2. The Labute approximate surface area is 110 Å². The number of esters is 1. The van der Waals surface area contributed by atoms with Crippen molar-refractivity contribution in [1.29, 1.82) is 0 Å². The molecule has 94 valence electrons. The summed E-state index contributed by atoms with van der Waals surface area (Å²) in [6.07, 6.45) is 0. The Balaban J connectivity index is 3.11. The minimum absolute atomic E-state index is 0.308. The molecule has 1 aromatic rings. The Morgan fingerprint density at radius 2 is 2.06 bits per heavy atom. The first-order chi connectivity index (χ1) is 7.80. The lowest BCUT2D eigenvalue weighted by Crippen LogP contribution is -2.37. The molecule has 0 fully saturated rings. The van der Waals surface area contributed by atoms with Gasteiger partial charge in [-0.1, -0.05) is 28.1 Å². The Morgan fingerprint density at radius 3 is 2.53 bits per heavy atom. The van der Waals surface area contributed by atoms with Gasteiger partial charge in [0.05, 0.1) is 12.5 Å². The van der Waals surface area contributed by atoms with E-state index >= 15 is 0 Å². The minimum atomic E-state index is -0.757. The van der Waals surface area contributed by atoms with Gasteiger partial charge in [-0.25, -0.2) is 0 Å². The molecule has 1 atom stereocenters. The third-order valence-electron chi connectivity index (χ3n) is 2.98. The highest BCUT2D eigenvalue weighted by Crippen LogP contribution is 2.36. The number of methoxy groups -OCH3 is 1. The van der Waals surface area contributed by atoms with Gasteiger partial charge in [-0.05, 0) is 38.0 Å². The van der Waals surface area contributed by atoms with Gasteiger partial charge in [0.2, 0.25) is 0 Å². The van der Waals surface area contributed by atoms with Gasteiger partial charge in [-0.3, -0.25) is 4.79 Å². The van der Waals surface area contributed by atoms with Crippen LogP contribution in [0.2, 0.25) is 0 Å². The summed E-state index contributed by atoms with van der Waals surface area (Å²) in [5.74, 6) is -0.308. The molecule has 0 aliphatic rings. The maximum Gasteiger partial charge on any atom is 0.313 e. The van der Waals surface area contributed by atoms with Crippen LogP contribution in [0.15, 0.2) is 22.7 Å². The van der Waals surface area contributed by atoms with Gasteiger partial charge in [0.15, 0.2) is 0 Å². The standard InChI is InChI=1S/C13H18BrNO2/c1-8-5-6-9(10(14)7-8)11(15)13(2,3)12(16)17-4/h5-7,11H,15H2,1-4H3/t11-/m0/s1. The minimum Gasteiger partial charge on any atom is -0.469 e. The summed E-state index contributed by atoms with van der Waals surface area (Å²) in [5.41, 5.74) is 7.46. The predicted octanol–water partition coefficient (Wildman–Crippen LogP) is 2.96. The third kappa shape index (κ3) is 2.87. The van der Waals surface area contributed by atoms with E-state index in [2.05, 4.69) is 15.9 Å². The van der Waals surface area contributed by atoms with E-state index in [0.717, 1.165) is 15.6 Å². The molecule has 0 aliphatic carbocycles. The molecule has 0 heterocycles. The van der Waals surface area contributed by atoms with Crippen molar-refractivity contribution >= 4 is 21.9 Å². The molecule has 2 N–H and O–H groups in total.